The summed E-state index contributed by atoms with van der Waals surface area (Å²) in [7, 11) is 0. The van der Waals surface area contributed by atoms with Crippen LogP contribution in [-0.2, 0) is 0 Å². The van der Waals surface area contributed by atoms with Crippen molar-refractivity contribution >= 4 is 16.8 Å². The number of nitrogens with zero attached hydrogens (tertiary/aromatic N) is 2. The van der Waals surface area contributed by atoms with E-state index in [1.165, 1.54) is 5.57 Å². The molecule has 0 aliphatic carbocycles. The fraction of sp³-hybridized carbons (Fsp3) is 0.692. The van der Waals surface area contributed by atoms with E-state index >= 15 is 0 Å². The van der Waals surface area contributed by atoms with Gasteiger partial charge in [-0.3, -0.25) is 4.99 Å². The Bertz CT molecular complexity index is 323. The molecule has 1 atom stereocenters. The number of hydrogen-bond donors (Lipinski definition) is 0. The second-order valence-corrected chi connectivity index (χ2v) is 5.84. The van der Waals surface area contributed by atoms with E-state index in [2.05, 4.69) is 37.9 Å². The number of allylic oxidation sites excluding steroid dienone is 2. The van der Waals surface area contributed by atoms with Crippen LogP contribution >= 0.6 is 11.8 Å². The Labute approximate surface area is 103 Å². The number of aliphatic imine (C=N–C) groups is 1. The molecule has 0 saturated heterocycles. The summed E-state index contributed by atoms with van der Waals surface area (Å²) in [6.45, 7) is 7.50. The van der Waals surface area contributed by atoms with Gasteiger partial charge in [-0.25, -0.2) is 0 Å². The van der Waals surface area contributed by atoms with Gasteiger partial charge in [0.2, 0.25) is 0 Å². The van der Waals surface area contributed by atoms with Crippen LogP contribution in [0.4, 0.5) is 0 Å². The Morgan fingerprint density at radius 1 is 1.69 bits per heavy atom. The molecule has 0 aromatic carbocycles. The van der Waals surface area contributed by atoms with Gasteiger partial charge in [0.1, 0.15) is 6.07 Å². The molecule has 0 N–H and O–H groups in total. The molecule has 0 aromatic heterocycles. The highest BCUT2D eigenvalue weighted by Crippen LogP contribution is 2.27. The number of rotatable bonds is 5. The van der Waals surface area contributed by atoms with Gasteiger partial charge in [0.05, 0.1) is 6.54 Å². The SMILES string of the molecule is CC/C(=C/CC(C)C)CC1CN=C(C#N)S1. The highest BCUT2D eigenvalue weighted by atomic mass is 32.2. The second kappa shape index (κ2) is 6.75. The molecule has 2 nitrogen and oxygen atoms in total. The average Bonchev–Trinajstić information content (AvgIpc) is 2.71. The van der Waals surface area contributed by atoms with Crippen molar-refractivity contribution in [2.75, 3.05) is 6.54 Å². The molecule has 3 heteroatoms. The molecule has 0 saturated carbocycles. The fourth-order valence-corrected chi connectivity index (χ4v) is 2.62. The zero-order chi connectivity index (χ0) is 12.0. The summed E-state index contributed by atoms with van der Waals surface area (Å²) in [4.78, 5) is 4.21. The van der Waals surface area contributed by atoms with E-state index in [4.69, 9.17) is 5.26 Å². The Hall–Kier alpha value is -0.750. The maximum absolute atomic E-state index is 8.74. The van der Waals surface area contributed by atoms with Crippen LogP contribution in [0.2, 0.25) is 0 Å². The molecular weight excluding hydrogens is 216 g/mol. The van der Waals surface area contributed by atoms with E-state index in [-0.39, 0.29) is 0 Å². The van der Waals surface area contributed by atoms with Crippen molar-refractivity contribution in [3.8, 4) is 6.07 Å². The van der Waals surface area contributed by atoms with E-state index in [1.807, 2.05) is 0 Å². The highest BCUT2D eigenvalue weighted by Gasteiger charge is 2.19. The molecule has 88 valence electrons. The Balaban J connectivity index is 2.41. The average molecular weight is 236 g/mol. The van der Waals surface area contributed by atoms with Crippen LogP contribution < -0.4 is 0 Å². The first-order chi connectivity index (χ1) is 7.65. The van der Waals surface area contributed by atoms with Gasteiger partial charge in [0.15, 0.2) is 5.04 Å². The van der Waals surface area contributed by atoms with Crippen molar-refractivity contribution in [1.29, 1.82) is 5.26 Å². The van der Waals surface area contributed by atoms with Gasteiger partial charge in [0, 0.05) is 5.25 Å². The Morgan fingerprint density at radius 2 is 2.44 bits per heavy atom. The van der Waals surface area contributed by atoms with Crippen LogP contribution in [0.1, 0.15) is 40.0 Å². The summed E-state index contributed by atoms with van der Waals surface area (Å²) in [5.41, 5.74) is 1.51. The van der Waals surface area contributed by atoms with Crippen molar-refractivity contribution in [1.82, 2.24) is 0 Å². The lowest BCUT2D eigenvalue weighted by Gasteiger charge is -2.10. The summed E-state index contributed by atoms with van der Waals surface area (Å²) in [5.74, 6) is 0.726. The van der Waals surface area contributed by atoms with Gasteiger partial charge >= 0.3 is 0 Å². The molecule has 16 heavy (non-hydrogen) atoms. The first-order valence-corrected chi connectivity index (χ1v) is 6.82. The van der Waals surface area contributed by atoms with Crippen molar-refractivity contribution < 1.29 is 0 Å². The highest BCUT2D eigenvalue weighted by molar-refractivity contribution is 8.15. The minimum Gasteiger partial charge on any atom is -0.267 e. The molecule has 1 unspecified atom stereocenters. The summed E-state index contributed by atoms with van der Waals surface area (Å²) < 4.78 is 0. The van der Waals surface area contributed by atoms with Crippen molar-refractivity contribution in [3.05, 3.63) is 11.6 Å². The van der Waals surface area contributed by atoms with E-state index in [0.29, 0.717) is 10.3 Å². The van der Waals surface area contributed by atoms with Gasteiger partial charge in [0.25, 0.3) is 0 Å². The molecule has 0 spiro atoms. The first-order valence-electron chi connectivity index (χ1n) is 5.94. The Morgan fingerprint density at radius 3 is 2.94 bits per heavy atom. The van der Waals surface area contributed by atoms with E-state index < -0.39 is 0 Å². The molecule has 0 aromatic rings. The predicted octanol–water partition coefficient (Wildman–Crippen LogP) is 3.80. The van der Waals surface area contributed by atoms with Crippen LogP contribution in [-0.4, -0.2) is 16.8 Å². The lowest BCUT2D eigenvalue weighted by molar-refractivity contribution is 0.656. The lowest BCUT2D eigenvalue weighted by Crippen LogP contribution is -2.04. The largest absolute Gasteiger partial charge is 0.267 e. The second-order valence-electron chi connectivity index (χ2n) is 4.55. The maximum atomic E-state index is 8.74. The molecule has 1 aliphatic heterocycles. The Kier molecular flexibility index (Phi) is 5.62. The van der Waals surface area contributed by atoms with Crippen molar-refractivity contribution in [2.45, 2.75) is 45.3 Å². The maximum Gasteiger partial charge on any atom is 0.169 e. The summed E-state index contributed by atoms with van der Waals surface area (Å²) in [6.07, 6.45) is 5.73. The third-order valence-electron chi connectivity index (χ3n) is 2.63. The molecule has 1 rings (SSSR count). The van der Waals surface area contributed by atoms with Gasteiger partial charge in [-0.2, -0.15) is 5.26 Å². The molecule has 1 aliphatic rings. The smallest absolute Gasteiger partial charge is 0.169 e. The third-order valence-corrected chi connectivity index (χ3v) is 3.73. The standard InChI is InChI=1S/C13H20N2S/c1-4-11(6-5-10(2)3)7-12-9-15-13(8-14)16-12/h6,10,12H,4-5,7,9H2,1-3H3/b11-6-. The minimum atomic E-state index is 0.494. The van der Waals surface area contributed by atoms with E-state index in [9.17, 15) is 0 Å². The monoisotopic (exact) mass is 236 g/mol. The summed E-state index contributed by atoms with van der Waals surface area (Å²) in [5, 5.41) is 9.89. The zero-order valence-electron chi connectivity index (χ0n) is 10.4. The molecule has 1 heterocycles. The topological polar surface area (TPSA) is 36.1 Å². The van der Waals surface area contributed by atoms with Gasteiger partial charge in [-0.1, -0.05) is 44.2 Å². The molecule has 0 radical (unpaired) electrons. The number of hydrogen-bond acceptors (Lipinski definition) is 3. The first kappa shape index (κ1) is 13.3. The van der Waals surface area contributed by atoms with Crippen LogP contribution in [0.25, 0.3) is 0 Å². The normalized spacial score (nSPS) is 21.1. The predicted molar refractivity (Wildman–Crippen MR) is 71.7 cm³/mol. The lowest BCUT2D eigenvalue weighted by atomic mass is 10.0. The van der Waals surface area contributed by atoms with Gasteiger partial charge in [-0.15, -0.1) is 0 Å². The minimum absolute atomic E-state index is 0.494. The van der Waals surface area contributed by atoms with E-state index in [1.54, 1.807) is 11.8 Å². The van der Waals surface area contributed by atoms with Crippen molar-refractivity contribution in [2.24, 2.45) is 10.9 Å². The third kappa shape index (κ3) is 4.40. The zero-order valence-corrected chi connectivity index (χ0v) is 11.2. The van der Waals surface area contributed by atoms with E-state index in [0.717, 1.165) is 31.7 Å². The van der Waals surface area contributed by atoms with Crippen LogP contribution in [0.3, 0.4) is 0 Å². The number of nitriles is 1. The number of thioether (sulfide) groups is 1. The molecular formula is C13H20N2S. The summed E-state index contributed by atoms with van der Waals surface area (Å²) >= 11 is 1.64. The summed E-state index contributed by atoms with van der Waals surface area (Å²) in [6, 6.07) is 2.13. The molecule has 0 fully saturated rings. The fourth-order valence-electron chi connectivity index (χ4n) is 1.65. The van der Waals surface area contributed by atoms with Gasteiger partial charge < -0.3 is 0 Å². The quantitative estimate of drug-likeness (QED) is 0.681. The van der Waals surface area contributed by atoms with Gasteiger partial charge in [-0.05, 0) is 25.2 Å². The van der Waals surface area contributed by atoms with Crippen LogP contribution in [0, 0.1) is 17.2 Å². The molecule has 0 bridgehead atoms. The van der Waals surface area contributed by atoms with Crippen LogP contribution in [0.5, 0.6) is 0 Å². The van der Waals surface area contributed by atoms with Crippen LogP contribution in [0.15, 0.2) is 16.6 Å². The van der Waals surface area contributed by atoms with Crippen molar-refractivity contribution in [3.63, 3.8) is 0 Å². The molecule has 0 amide bonds.